The number of rotatable bonds is 4. The van der Waals surface area contributed by atoms with Crippen molar-refractivity contribution in [2.75, 3.05) is 6.54 Å². The Labute approximate surface area is 120 Å². The van der Waals surface area contributed by atoms with Crippen LogP contribution < -0.4 is 0 Å². The van der Waals surface area contributed by atoms with Crippen molar-refractivity contribution >= 4 is 5.71 Å². The third-order valence-corrected chi connectivity index (χ3v) is 3.44. The van der Waals surface area contributed by atoms with Gasteiger partial charge in [0.25, 0.3) is 0 Å². The lowest BCUT2D eigenvalue weighted by atomic mass is 10.0. The van der Waals surface area contributed by atoms with Crippen LogP contribution in [0.3, 0.4) is 0 Å². The Hall–Kier alpha value is -2.40. The standard InChI is InChI=1S/C18H18N2/c1-3-5-7-14(4-2)13-20-18-11-10-16-15(12-19)8-6-9-17(16)18/h3-9H,2,10-11,13H2,1H3/b5-3-,14-7+,20-18?. The molecule has 20 heavy (non-hydrogen) atoms. The van der Waals surface area contributed by atoms with Gasteiger partial charge in [-0.05, 0) is 37.0 Å². The Kier molecular flexibility index (Phi) is 4.68. The van der Waals surface area contributed by atoms with Crippen molar-refractivity contribution in [1.29, 1.82) is 5.26 Å². The van der Waals surface area contributed by atoms with Crippen LogP contribution in [0.15, 0.2) is 59.6 Å². The molecular weight excluding hydrogens is 244 g/mol. The van der Waals surface area contributed by atoms with E-state index in [0.717, 1.165) is 40.8 Å². The zero-order chi connectivity index (χ0) is 14.4. The molecule has 0 amide bonds. The molecule has 1 aromatic carbocycles. The van der Waals surface area contributed by atoms with Crippen LogP contribution in [0.5, 0.6) is 0 Å². The summed E-state index contributed by atoms with van der Waals surface area (Å²) < 4.78 is 0. The summed E-state index contributed by atoms with van der Waals surface area (Å²) in [5, 5.41) is 9.12. The van der Waals surface area contributed by atoms with Crippen molar-refractivity contribution in [2.45, 2.75) is 19.8 Å². The van der Waals surface area contributed by atoms with Gasteiger partial charge in [0.2, 0.25) is 0 Å². The van der Waals surface area contributed by atoms with Crippen molar-refractivity contribution in [3.8, 4) is 6.07 Å². The van der Waals surface area contributed by atoms with Crippen molar-refractivity contribution in [2.24, 2.45) is 4.99 Å². The van der Waals surface area contributed by atoms with Crippen LogP contribution in [-0.4, -0.2) is 12.3 Å². The van der Waals surface area contributed by atoms with Gasteiger partial charge in [-0.1, -0.05) is 43.0 Å². The van der Waals surface area contributed by atoms with E-state index in [2.05, 4.69) is 18.7 Å². The van der Waals surface area contributed by atoms with Crippen LogP contribution in [0, 0.1) is 11.3 Å². The predicted octanol–water partition coefficient (Wildman–Crippen LogP) is 3.98. The average Bonchev–Trinajstić information content (AvgIpc) is 2.90. The second kappa shape index (κ2) is 6.68. The van der Waals surface area contributed by atoms with Gasteiger partial charge < -0.3 is 0 Å². The maximum Gasteiger partial charge on any atom is 0.0994 e. The lowest BCUT2D eigenvalue weighted by molar-refractivity contribution is 1.07. The number of fused-ring (bicyclic) bond motifs is 1. The molecule has 0 saturated heterocycles. The van der Waals surface area contributed by atoms with Crippen molar-refractivity contribution in [3.63, 3.8) is 0 Å². The first-order valence-corrected chi connectivity index (χ1v) is 6.80. The minimum Gasteiger partial charge on any atom is -0.284 e. The van der Waals surface area contributed by atoms with Gasteiger partial charge in [0.05, 0.1) is 18.2 Å². The van der Waals surface area contributed by atoms with Crippen molar-refractivity contribution in [1.82, 2.24) is 0 Å². The molecule has 0 aliphatic heterocycles. The van der Waals surface area contributed by atoms with E-state index in [0.29, 0.717) is 6.54 Å². The second-order valence-corrected chi connectivity index (χ2v) is 4.68. The smallest absolute Gasteiger partial charge is 0.0994 e. The minimum absolute atomic E-state index is 0.638. The van der Waals surface area contributed by atoms with E-state index >= 15 is 0 Å². The molecule has 0 radical (unpaired) electrons. The number of hydrogen-bond donors (Lipinski definition) is 0. The van der Waals surface area contributed by atoms with Crippen LogP contribution in [-0.2, 0) is 6.42 Å². The second-order valence-electron chi connectivity index (χ2n) is 4.68. The number of benzene rings is 1. The quantitative estimate of drug-likeness (QED) is 0.756. The van der Waals surface area contributed by atoms with E-state index in [1.165, 1.54) is 0 Å². The average molecular weight is 262 g/mol. The first kappa shape index (κ1) is 14.0. The summed E-state index contributed by atoms with van der Waals surface area (Å²) in [4.78, 5) is 4.70. The highest BCUT2D eigenvalue weighted by molar-refractivity contribution is 6.05. The third kappa shape index (κ3) is 2.95. The molecule has 2 rings (SSSR count). The lowest BCUT2D eigenvalue weighted by Gasteiger charge is -2.02. The van der Waals surface area contributed by atoms with Gasteiger partial charge in [-0.25, -0.2) is 0 Å². The summed E-state index contributed by atoms with van der Waals surface area (Å²) in [6.07, 6.45) is 9.68. The Balaban J connectivity index is 2.24. The normalized spacial score (nSPS) is 16.4. The Bertz CT molecular complexity index is 640. The lowest BCUT2D eigenvalue weighted by Crippen LogP contribution is -1.98. The minimum atomic E-state index is 0.638. The van der Waals surface area contributed by atoms with E-state index in [9.17, 15) is 0 Å². The Morgan fingerprint density at radius 2 is 2.30 bits per heavy atom. The third-order valence-electron chi connectivity index (χ3n) is 3.44. The molecule has 0 heterocycles. The number of nitrogens with zero attached hydrogens (tertiary/aromatic N) is 2. The van der Waals surface area contributed by atoms with Gasteiger partial charge in [-0.3, -0.25) is 4.99 Å². The number of nitriles is 1. The molecule has 0 spiro atoms. The molecule has 0 aromatic heterocycles. The first-order valence-electron chi connectivity index (χ1n) is 6.80. The maximum absolute atomic E-state index is 9.12. The Morgan fingerprint density at radius 3 is 3.00 bits per heavy atom. The van der Waals surface area contributed by atoms with Gasteiger partial charge in [-0.15, -0.1) is 0 Å². The van der Waals surface area contributed by atoms with Crippen molar-refractivity contribution < 1.29 is 0 Å². The van der Waals surface area contributed by atoms with Gasteiger partial charge in [0.1, 0.15) is 0 Å². The molecule has 0 N–H and O–H groups in total. The largest absolute Gasteiger partial charge is 0.284 e. The molecule has 0 atom stereocenters. The molecule has 1 aliphatic carbocycles. The molecule has 0 bridgehead atoms. The van der Waals surface area contributed by atoms with E-state index in [1.54, 1.807) is 0 Å². The fourth-order valence-corrected chi connectivity index (χ4v) is 2.37. The molecule has 0 fully saturated rings. The fraction of sp³-hybridized carbons (Fsp3) is 0.222. The topological polar surface area (TPSA) is 36.1 Å². The highest BCUT2D eigenvalue weighted by Crippen LogP contribution is 2.25. The molecular formula is C18H18N2. The van der Waals surface area contributed by atoms with Crippen LogP contribution in [0.1, 0.15) is 30.0 Å². The van der Waals surface area contributed by atoms with Crippen LogP contribution in [0.25, 0.3) is 0 Å². The SMILES string of the molecule is C=C/C(=C\C=C/C)CN=C1CCc2c(C#N)cccc21. The summed E-state index contributed by atoms with van der Waals surface area (Å²) in [5.41, 5.74) is 5.26. The predicted molar refractivity (Wildman–Crippen MR) is 84.0 cm³/mol. The van der Waals surface area contributed by atoms with Gasteiger partial charge >= 0.3 is 0 Å². The fourth-order valence-electron chi connectivity index (χ4n) is 2.37. The highest BCUT2D eigenvalue weighted by atomic mass is 14.7. The van der Waals surface area contributed by atoms with E-state index in [4.69, 9.17) is 10.3 Å². The molecule has 2 heteroatoms. The van der Waals surface area contributed by atoms with Gasteiger partial charge in [-0.2, -0.15) is 5.26 Å². The molecule has 2 nitrogen and oxygen atoms in total. The molecule has 0 saturated carbocycles. The van der Waals surface area contributed by atoms with Crippen LogP contribution in [0.2, 0.25) is 0 Å². The summed E-state index contributed by atoms with van der Waals surface area (Å²) in [6.45, 7) is 6.44. The van der Waals surface area contributed by atoms with Gasteiger partial charge in [0, 0.05) is 11.3 Å². The number of aliphatic imine (C=N–C) groups is 1. The van der Waals surface area contributed by atoms with E-state index in [-0.39, 0.29) is 0 Å². The molecule has 0 unspecified atom stereocenters. The highest BCUT2D eigenvalue weighted by Gasteiger charge is 2.19. The van der Waals surface area contributed by atoms with Crippen molar-refractivity contribution in [3.05, 3.63) is 71.3 Å². The summed E-state index contributed by atoms with van der Waals surface area (Å²) in [7, 11) is 0. The molecule has 1 aromatic rings. The van der Waals surface area contributed by atoms with Gasteiger partial charge in [0.15, 0.2) is 0 Å². The van der Waals surface area contributed by atoms with Crippen LogP contribution in [0.4, 0.5) is 0 Å². The van der Waals surface area contributed by atoms with Crippen LogP contribution >= 0.6 is 0 Å². The van der Waals surface area contributed by atoms with E-state index < -0.39 is 0 Å². The molecule has 1 aliphatic rings. The Morgan fingerprint density at radius 1 is 1.45 bits per heavy atom. The number of allylic oxidation sites excluding steroid dienone is 3. The molecule has 100 valence electrons. The summed E-state index contributed by atoms with van der Waals surface area (Å²) in [5.74, 6) is 0. The first-order chi connectivity index (χ1) is 9.80. The van der Waals surface area contributed by atoms with E-state index in [1.807, 2.05) is 43.4 Å². The summed E-state index contributed by atoms with van der Waals surface area (Å²) in [6, 6.07) is 8.13. The number of hydrogen-bond acceptors (Lipinski definition) is 2. The zero-order valence-corrected chi connectivity index (χ0v) is 11.8. The maximum atomic E-state index is 9.12. The zero-order valence-electron chi connectivity index (χ0n) is 11.8. The summed E-state index contributed by atoms with van der Waals surface area (Å²) >= 11 is 0. The monoisotopic (exact) mass is 262 g/mol.